The number of guanidine groups is 1. The summed E-state index contributed by atoms with van der Waals surface area (Å²) in [6, 6.07) is 7.48. The summed E-state index contributed by atoms with van der Waals surface area (Å²) in [5.41, 5.74) is 0. The van der Waals surface area contributed by atoms with Crippen molar-refractivity contribution in [1.82, 2.24) is 10.6 Å². The second kappa shape index (κ2) is 11.0. The lowest BCUT2D eigenvalue weighted by Gasteiger charge is -2.17. The Balaban J connectivity index is 2.36. The van der Waals surface area contributed by atoms with E-state index in [4.69, 9.17) is 9.47 Å². The topological polar surface area (TPSA) is 72.0 Å². The number of methoxy groups -OCH3 is 1. The predicted molar refractivity (Wildman–Crippen MR) is 105 cm³/mol. The zero-order valence-corrected chi connectivity index (χ0v) is 16.7. The number of benzene rings is 1. The largest absolute Gasteiger partial charge is 0.497 e. The Morgan fingerprint density at radius 3 is 2.36 bits per heavy atom. The molecule has 0 radical (unpaired) electrons. The molecule has 0 aromatic heterocycles. The molecule has 0 aliphatic rings. The molecule has 1 aromatic carbocycles. The van der Waals surface area contributed by atoms with Crippen molar-refractivity contribution in [2.75, 3.05) is 39.1 Å². The first-order valence-electron chi connectivity index (χ1n) is 8.54. The lowest BCUT2D eigenvalue weighted by molar-refractivity contribution is 0.321. The number of nitrogens with zero attached hydrogens (tertiary/aromatic N) is 1. The minimum atomic E-state index is -0.890. The van der Waals surface area contributed by atoms with Crippen molar-refractivity contribution in [3.63, 3.8) is 0 Å². The van der Waals surface area contributed by atoms with Gasteiger partial charge in [0, 0.05) is 27.8 Å². The summed E-state index contributed by atoms with van der Waals surface area (Å²) in [5, 5.41) is 6.39. The maximum Gasteiger partial charge on any atom is 0.191 e. The highest BCUT2D eigenvalue weighted by Gasteiger charge is 2.18. The summed E-state index contributed by atoms with van der Waals surface area (Å²) in [6.45, 7) is 10.4. The van der Waals surface area contributed by atoms with Crippen molar-refractivity contribution in [3.8, 4) is 11.5 Å². The molecule has 0 bridgehead atoms. The highest BCUT2D eigenvalue weighted by molar-refractivity contribution is 7.86. The van der Waals surface area contributed by atoms with E-state index < -0.39 is 10.8 Å². The summed E-state index contributed by atoms with van der Waals surface area (Å²) >= 11 is 0. The van der Waals surface area contributed by atoms with Crippen LogP contribution in [-0.4, -0.2) is 54.0 Å². The first-order valence-corrected chi connectivity index (χ1v) is 9.86. The van der Waals surface area contributed by atoms with Gasteiger partial charge in [0.15, 0.2) is 5.96 Å². The lowest BCUT2D eigenvalue weighted by Crippen LogP contribution is -2.39. The lowest BCUT2D eigenvalue weighted by atomic mass is 10.3. The molecule has 0 fully saturated rings. The highest BCUT2D eigenvalue weighted by atomic mass is 32.2. The fourth-order valence-electron chi connectivity index (χ4n) is 1.90. The average Bonchev–Trinajstić information content (AvgIpc) is 2.58. The van der Waals surface area contributed by atoms with Crippen LogP contribution >= 0.6 is 0 Å². The van der Waals surface area contributed by atoms with Crippen LogP contribution in [0.4, 0.5) is 0 Å². The maximum absolute atomic E-state index is 12.0. The second-order valence-corrected chi connectivity index (χ2v) is 8.70. The Morgan fingerprint density at radius 2 is 1.80 bits per heavy atom. The van der Waals surface area contributed by atoms with E-state index in [9.17, 15) is 4.21 Å². The molecule has 0 aliphatic carbocycles. The molecular formula is C18H31N3O3S. The Morgan fingerprint density at radius 1 is 1.16 bits per heavy atom. The zero-order chi connectivity index (χ0) is 18.7. The van der Waals surface area contributed by atoms with E-state index in [0.717, 1.165) is 18.0 Å². The Labute approximate surface area is 153 Å². The molecule has 1 rings (SSSR count). The zero-order valence-electron chi connectivity index (χ0n) is 15.9. The molecule has 1 atom stereocenters. The van der Waals surface area contributed by atoms with Crippen LogP contribution in [0.5, 0.6) is 11.5 Å². The number of aliphatic imine (C=N–C) groups is 1. The van der Waals surface area contributed by atoms with Crippen molar-refractivity contribution in [2.24, 2.45) is 4.99 Å². The Hall–Kier alpha value is -1.76. The first kappa shape index (κ1) is 21.3. The minimum absolute atomic E-state index is 0.201. The summed E-state index contributed by atoms with van der Waals surface area (Å²) in [5.74, 6) is 2.87. The monoisotopic (exact) mass is 369 g/mol. The number of hydrogen-bond acceptors (Lipinski definition) is 4. The predicted octanol–water partition coefficient (Wildman–Crippen LogP) is 2.18. The van der Waals surface area contributed by atoms with Gasteiger partial charge in [-0.25, -0.2) is 0 Å². The fourth-order valence-corrected chi connectivity index (χ4v) is 2.77. The Kier molecular flexibility index (Phi) is 9.34. The van der Waals surface area contributed by atoms with Crippen molar-refractivity contribution in [3.05, 3.63) is 24.3 Å². The molecule has 0 heterocycles. The van der Waals surface area contributed by atoms with Crippen molar-refractivity contribution < 1.29 is 13.7 Å². The van der Waals surface area contributed by atoms with Gasteiger partial charge in [0.05, 0.1) is 20.2 Å². The Bertz CT molecular complexity index is 554. The van der Waals surface area contributed by atoms with E-state index in [1.807, 2.05) is 52.0 Å². The summed E-state index contributed by atoms with van der Waals surface area (Å²) < 4.78 is 22.6. The summed E-state index contributed by atoms with van der Waals surface area (Å²) in [7, 11) is 0.747. The van der Waals surface area contributed by atoms with E-state index in [-0.39, 0.29) is 4.75 Å². The van der Waals surface area contributed by atoms with Gasteiger partial charge in [0.1, 0.15) is 18.1 Å². The molecule has 25 heavy (non-hydrogen) atoms. The van der Waals surface area contributed by atoms with Gasteiger partial charge in [-0.2, -0.15) is 0 Å². The number of hydrogen-bond donors (Lipinski definition) is 2. The maximum atomic E-state index is 12.0. The van der Waals surface area contributed by atoms with Crippen molar-refractivity contribution in [1.29, 1.82) is 0 Å². The number of nitrogens with one attached hydrogen (secondary N) is 2. The van der Waals surface area contributed by atoms with Gasteiger partial charge in [-0.1, -0.05) is 0 Å². The first-order chi connectivity index (χ1) is 11.9. The quantitative estimate of drug-likeness (QED) is 0.397. The molecule has 6 nitrogen and oxygen atoms in total. The van der Waals surface area contributed by atoms with Crippen LogP contribution in [-0.2, 0) is 10.8 Å². The van der Waals surface area contributed by atoms with Gasteiger partial charge in [0.2, 0.25) is 0 Å². The van der Waals surface area contributed by atoms with Crippen LogP contribution in [0.3, 0.4) is 0 Å². The molecular weight excluding hydrogens is 338 g/mol. The van der Waals surface area contributed by atoms with E-state index in [2.05, 4.69) is 15.6 Å². The third-order valence-corrected chi connectivity index (χ3v) is 5.22. The fraction of sp³-hybridized carbons (Fsp3) is 0.611. The van der Waals surface area contributed by atoms with Gasteiger partial charge in [-0.05, 0) is 52.0 Å². The van der Waals surface area contributed by atoms with Gasteiger partial charge in [-0.3, -0.25) is 9.20 Å². The van der Waals surface area contributed by atoms with Gasteiger partial charge >= 0.3 is 0 Å². The average molecular weight is 370 g/mol. The van der Waals surface area contributed by atoms with Crippen molar-refractivity contribution >= 4 is 16.8 Å². The number of rotatable bonds is 9. The van der Waals surface area contributed by atoms with Crippen LogP contribution in [0, 0.1) is 0 Å². The van der Waals surface area contributed by atoms with E-state index in [0.29, 0.717) is 31.4 Å². The van der Waals surface area contributed by atoms with Crippen LogP contribution in [0.1, 0.15) is 27.7 Å². The van der Waals surface area contributed by atoms with Gasteiger partial charge < -0.3 is 20.1 Å². The smallest absolute Gasteiger partial charge is 0.191 e. The SMILES string of the molecule is CCNC(=NCCS(=O)C(C)(C)C)NCCOc1ccc(OC)cc1. The molecule has 1 unspecified atom stereocenters. The van der Waals surface area contributed by atoms with E-state index in [1.165, 1.54) is 0 Å². The highest BCUT2D eigenvalue weighted by Crippen LogP contribution is 2.16. The minimum Gasteiger partial charge on any atom is -0.497 e. The summed E-state index contributed by atoms with van der Waals surface area (Å²) in [6.07, 6.45) is 0. The van der Waals surface area contributed by atoms with E-state index >= 15 is 0 Å². The normalized spacial score (nSPS) is 13.2. The number of ether oxygens (including phenoxy) is 2. The standard InChI is InChI=1S/C18H31N3O3S/c1-6-19-17(21-12-14-25(22)18(2,3)4)20-11-13-24-16-9-7-15(23-5)8-10-16/h7-10H,6,11-14H2,1-5H3,(H2,19,20,21). The van der Waals surface area contributed by atoms with E-state index in [1.54, 1.807) is 7.11 Å². The van der Waals surface area contributed by atoms with Crippen LogP contribution in [0.2, 0.25) is 0 Å². The second-order valence-electron chi connectivity index (χ2n) is 6.37. The van der Waals surface area contributed by atoms with Crippen molar-refractivity contribution in [2.45, 2.75) is 32.4 Å². The van der Waals surface area contributed by atoms with Crippen LogP contribution in [0.15, 0.2) is 29.3 Å². The third kappa shape index (κ3) is 8.77. The molecule has 0 saturated carbocycles. The molecule has 0 amide bonds. The molecule has 1 aromatic rings. The third-order valence-electron chi connectivity index (χ3n) is 3.30. The van der Waals surface area contributed by atoms with Crippen LogP contribution < -0.4 is 20.1 Å². The van der Waals surface area contributed by atoms with Gasteiger partial charge in [0.25, 0.3) is 0 Å². The molecule has 0 saturated heterocycles. The molecule has 0 spiro atoms. The molecule has 142 valence electrons. The summed E-state index contributed by atoms with van der Waals surface area (Å²) in [4.78, 5) is 4.46. The molecule has 2 N–H and O–H groups in total. The van der Waals surface area contributed by atoms with Crippen LogP contribution in [0.25, 0.3) is 0 Å². The molecule has 0 aliphatic heterocycles. The molecule has 7 heteroatoms. The van der Waals surface area contributed by atoms with Gasteiger partial charge in [-0.15, -0.1) is 0 Å².